The molecule has 0 bridgehead atoms. The Labute approximate surface area is 94.6 Å². The molecule has 1 saturated carbocycles. The maximum atomic E-state index is 11.7. The molecule has 0 saturated heterocycles. The average molecular weight is 223 g/mol. The molecule has 0 unspecified atom stereocenters. The minimum atomic E-state index is -0.559. The van der Waals surface area contributed by atoms with E-state index in [1.807, 2.05) is 20.8 Å². The standard InChI is InChI=1S/C11H17N3O2/c1-4-8-12-10(14-16-8)11(2,3)13-9(15)7-5-6-7/h7H,4-6H2,1-3H3,(H,13,15). The van der Waals surface area contributed by atoms with Gasteiger partial charge in [-0.2, -0.15) is 4.98 Å². The molecule has 1 amide bonds. The van der Waals surface area contributed by atoms with Crippen LogP contribution in [0.1, 0.15) is 45.3 Å². The summed E-state index contributed by atoms with van der Waals surface area (Å²) in [5.74, 6) is 1.42. The molecule has 0 atom stereocenters. The van der Waals surface area contributed by atoms with E-state index in [-0.39, 0.29) is 11.8 Å². The molecule has 5 nitrogen and oxygen atoms in total. The lowest BCUT2D eigenvalue weighted by Gasteiger charge is -2.22. The van der Waals surface area contributed by atoms with Crippen LogP contribution in [0, 0.1) is 5.92 Å². The molecule has 1 aromatic heterocycles. The molecule has 0 aromatic carbocycles. The van der Waals surface area contributed by atoms with Crippen LogP contribution < -0.4 is 5.32 Å². The van der Waals surface area contributed by atoms with Gasteiger partial charge in [0, 0.05) is 12.3 Å². The second-order valence-electron chi connectivity index (χ2n) is 4.75. The number of hydrogen-bond donors (Lipinski definition) is 1. The van der Waals surface area contributed by atoms with Gasteiger partial charge in [0.15, 0.2) is 5.82 Å². The Morgan fingerprint density at radius 3 is 2.75 bits per heavy atom. The highest BCUT2D eigenvalue weighted by Gasteiger charge is 2.35. The van der Waals surface area contributed by atoms with E-state index in [9.17, 15) is 4.79 Å². The van der Waals surface area contributed by atoms with Crippen LogP contribution in [0.5, 0.6) is 0 Å². The van der Waals surface area contributed by atoms with Gasteiger partial charge in [0.05, 0.1) is 5.54 Å². The van der Waals surface area contributed by atoms with Crippen LogP contribution in [0.2, 0.25) is 0 Å². The van der Waals surface area contributed by atoms with Gasteiger partial charge in [-0.15, -0.1) is 0 Å². The lowest BCUT2D eigenvalue weighted by atomic mass is 10.0. The summed E-state index contributed by atoms with van der Waals surface area (Å²) in [5, 5.41) is 6.84. The summed E-state index contributed by atoms with van der Waals surface area (Å²) >= 11 is 0. The van der Waals surface area contributed by atoms with Crippen molar-refractivity contribution in [3.05, 3.63) is 11.7 Å². The lowest BCUT2D eigenvalue weighted by Crippen LogP contribution is -2.42. The van der Waals surface area contributed by atoms with Crippen LogP contribution in [0.25, 0.3) is 0 Å². The quantitative estimate of drug-likeness (QED) is 0.837. The highest BCUT2D eigenvalue weighted by Crippen LogP contribution is 2.30. The molecule has 1 fully saturated rings. The van der Waals surface area contributed by atoms with E-state index in [1.54, 1.807) is 0 Å². The summed E-state index contributed by atoms with van der Waals surface area (Å²) in [5.41, 5.74) is -0.559. The second-order valence-corrected chi connectivity index (χ2v) is 4.75. The molecule has 1 heterocycles. The van der Waals surface area contributed by atoms with Gasteiger partial charge in [-0.3, -0.25) is 4.79 Å². The van der Waals surface area contributed by atoms with Gasteiger partial charge in [-0.25, -0.2) is 0 Å². The maximum Gasteiger partial charge on any atom is 0.226 e. The normalized spacial score (nSPS) is 16.2. The molecule has 88 valence electrons. The van der Waals surface area contributed by atoms with E-state index in [1.165, 1.54) is 0 Å². The van der Waals surface area contributed by atoms with Gasteiger partial charge in [-0.1, -0.05) is 12.1 Å². The number of amides is 1. The Morgan fingerprint density at radius 2 is 2.25 bits per heavy atom. The van der Waals surface area contributed by atoms with E-state index < -0.39 is 5.54 Å². The average Bonchev–Trinajstić information content (AvgIpc) is 2.95. The monoisotopic (exact) mass is 223 g/mol. The summed E-state index contributed by atoms with van der Waals surface area (Å²) < 4.78 is 5.05. The van der Waals surface area contributed by atoms with Crippen molar-refractivity contribution >= 4 is 5.91 Å². The van der Waals surface area contributed by atoms with E-state index in [2.05, 4.69) is 15.5 Å². The number of carbonyl (C=O) groups excluding carboxylic acids is 1. The van der Waals surface area contributed by atoms with Crippen LogP contribution in [0.15, 0.2) is 4.52 Å². The molecule has 0 spiro atoms. The Bertz CT molecular complexity index is 394. The first-order chi connectivity index (χ1) is 7.53. The van der Waals surface area contributed by atoms with Crippen LogP contribution in [-0.2, 0) is 16.8 Å². The molecule has 1 aliphatic rings. The largest absolute Gasteiger partial charge is 0.344 e. The van der Waals surface area contributed by atoms with Crippen LogP contribution in [0.3, 0.4) is 0 Å². The molecule has 2 rings (SSSR count). The third-order valence-electron chi connectivity index (χ3n) is 2.71. The first-order valence-corrected chi connectivity index (χ1v) is 5.68. The minimum absolute atomic E-state index is 0.0906. The molecule has 16 heavy (non-hydrogen) atoms. The molecule has 0 radical (unpaired) electrons. The zero-order chi connectivity index (χ0) is 11.8. The molecule has 1 aromatic rings. The summed E-state index contributed by atoms with van der Waals surface area (Å²) in [6.07, 6.45) is 2.70. The first kappa shape index (κ1) is 11.1. The van der Waals surface area contributed by atoms with Crippen molar-refractivity contribution in [3.8, 4) is 0 Å². The lowest BCUT2D eigenvalue weighted by molar-refractivity contribution is -0.124. The van der Waals surface area contributed by atoms with Gasteiger partial charge in [0.25, 0.3) is 0 Å². The second kappa shape index (κ2) is 3.88. The van der Waals surface area contributed by atoms with Gasteiger partial charge < -0.3 is 9.84 Å². The summed E-state index contributed by atoms with van der Waals surface area (Å²) in [7, 11) is 0. The molecule has 1 aliphatic carbocycles. The van der Waals surface area contributed by atoms with Crippen molar-refractivity contribution in [2.45, 2.75) is 45.6 Å². The summed E-state index contributed by atoms with van der Waals surface area (Å²) in [6, 6.07) is 0. The zero-order valence-corrected chi connectivity index (χ0v) is 9.91. The number of hydrogen-bond acceptors (Lipinski definition) is 4. The predicted octanol–water partition coefficient (Wildman–Crippen LogP) is 1.39. The predicted molar refractivity (Wildman–Crippen MR) is 57.6 cm³/mol. The smallest absolute Gasteiger partial charge is 0.226 e. The van der Waals surface area contributed by atoms with E-state index in [0.717, 1.165) is 12.8 Å². The summed E-state index contributed by atoms with van der Waals surface area (Å²) in [6.45, 7) is 5.72. The fraction of sp³-hybridized carbons (Fsp3) is 0.727. The van der Waals surface area contributed by atoms with E-state index in [0.29, 0.717) is 18.1 Å². The first-order valence-electron chi connectivity index (χ1n) is 5.68. The Morgan fingerprint density at radius 1 is 1.56 bits per heavy atom. The fourth-order valence-electron chi connectivity index (χ4n) is 1.46. The minimum Gasteiger partial charge on any atom is -0.344 e. The Hall–Kier alpha value is -1.39. The Balaban J connectivity index is 2.07. The van der Waals surface area contributed by atoms with Crippen molar-refractivity contribution in [2.24, 2.45) is 5.92 Å². The number of aromatic nitrogens is 2. The number of nitrogens with one attached hydrogen (secondary N) is 1. The SMILES string of the molecule is CCc1nc(C(C)(C)NC(=O)C2CC2)no1. The van der Waals surface area contributed by atoms with Crippen molar-refractivity contribution in [2.75, 3.05) is 0 Å². The van der Waals surface area contributed by atoms with Crippen molar-refractivity contribution in [1.29, 1.82) is 0 Å². The number of nitrogens with zero attached hydrogens (tertiary/aromatic N) is 2. The van der Waals surface area contributed by atoms with E-state index >= 15 is 0 Å². The third-order valence-corrected chi connectivity index (χ3v) is 2.71. The fourth-order valence-corrected chi connectivity index (χ4v) is 1.46. The highest BCUT2D eigenvalue weighted by molar-refractivity contribution is 5.81. The molecule has 5 heteroatoms. The van der Waals surface area contributed by atoms with Gasteiger partial charge in [-0.05, 0) is 26.7 Å². The topological polar surface area (TPSA) is 68.0 Å². The molecule has 0 aliphatic heterocycles. The van der Waals surface area contributed by atoms with Crippen LogP contribution in [0.4, 0.5) is 0 Å². The molecule has 1 N–H and O–H groups in total. The van der Waals surface area contributed by atoms with Crippen LogP contribution >= 0.6 is 0 Å². The number of rotatable bonds is 4. The van der Waals surface area contributed by atoms with Crippen molar-refractivity contribution in [1.82, 2.24) is 15.5 Å². The number of aryl methyl sites for hydroxylation is 1. The molecular weight excluding hydrogens is 206 g/mol. The van der Waals surface area contributed by atoms with Gasteiger partial charge >= 0.3 is 0 Å². The number of carbonyl (C=O) groups is 1. The Kier molecular flexibility index (Phi) is 2.69. The third kappa shape index (κ3) is 2.23. The van der Waals surface area contributed by atoms with Gasteiger partial charge in [0.2, 0.25) is 11.8 Å². The molecular formula is C11H17N3O2. The summed E-state index contributed by atoms with van der Waals surface area (Å²) in [4.78, 5) is 15.9. The maximum absolute atomic E-state index is 11.7. The van der Waals surface area contributed by atoms with Gasteiger partial charge in [0.1, 0.15) is 0 Å². The van der Waals surface area contributed by atoms with E-state index in [4.69, 9.17) is 4.52 Å². The highest BCUT2D eigenvalue weighted by atomic mass is 16.5. The van der Waals surface area contributed by atoms with Crippen molar-refractivity contribution in [3.63, 3.8) is 0 Å². The zero-order valence-electron chi connectivity index (χ0n) is 9.91. The van der Waals surface area contributed by atoms with Crippen LogP contribution in [-0.4, -0.2) is 16.0 Å². The van der Waals surface area contributed by atoms with Crippen molar-refractivity contribution < 1.29 is 9.32 Å².